The van der Waals surface area contributed by atoms with Crippen molar-refractivity contribution < 1.29 is 19.1 Å². The summed E-state index contributed by atoms with van der Waals surface area (Å²) in [6.07, 6.45) is 3.89. The topological polar surface area (TPSA) is 91.0 Å². The Balaban J connectivity index is 1.47. The number of likely N-dealkylation sites (tertiary alicyclic amines) is 1. The smallest absolute Gasteiger partial charge is 0.249 e. The molecule has 154 valence electrons. The Hall–Kier alpha value is -1.97. The van der Waals surface area contributed by atoms with E-state index in [-0.39, 0.29) is 18.4 Å². The van der Waals surface area contributed by atoms with Gasteiger partial charge in [0, 0.05) is 51.9 Å². The molecule has 9 nitrogen and oxygen atoms in total. The van der Waals surface area contributed by atoms with Gasteiger partial charge in [-0.15, -0.1) is 0 Å². The lowest BCUT2D eigenvalue weighted by molar-refractivity contribution is -0.148. The quantitative estimate of drug-likeness (QED) is 0.751. The summed E-state index contributed by atoms with van der Waals surface area (Å²) in [7, 11) is 1.54. The molecule has 0 atom stereocenters. The first-order valence-corrected chi connectivity index (χ1v) is 10.0. The molecular formula is C19H29N5O4. The first kappa shape index (κ1) is 19.4. The van der Waals surface area contributed by atoms with Gasteiger partial charge in [0.05, 0.1) is 37.3 Å². The van der Waals surface area contributed by atoms with Gasteiger partial charge < -0.3 is 24.3 Å². The SMILES string of the molecule is COCC(=O)N1CCc2[nH]cnc2C12CCN(C(=O)CN1CCOCC1)CC2. The van der Waals surface area contributed by atoms with Gasteiger partial charge in [0.2, 0.25) is 11.8 Å². The molecule has 0 saturated carbocycles. The maximum absolute atomic E-state index is 12.8. The number of hydrogen-bond acceptors (Lipinski definition) is 6. The lowest BCUT2D eigenvalue weighted by atomic mass is 9.78. The molecule has 0 unspecified atom stereocenters. The number of piperidine rings is 1. The van der Waals surface area contributed by atoms with E-state index in [1.54, 1.807) is 13.4 Å². The predicted octanol–water partition coefficient (Wildman–Crippen LogP) is -0.409. The van der Waals surface area contributed by atoms with Crippen molar-refractivity contribution in [1.82, 2.24) is 24.7 Å². The molecule has 3 aliphatic rings. The van der Waals surface area contributed by atoms with Crippen molar-refractivity contribution in [2.45, 2.75) is 24.8 Å². The molecule has 2 amide bonds. The van der Waals surface area contributed by atoms with Crippen LogP contribution in [-0.2, 0) is 31.0 Å². The van der Waals surface area contributed by atoms with Gasteiger partial charge in [-0.25, -0.2) is 4.98 Å². The van der Waals surface area contributed by atoms with Gasteiger partial charge in [0.1, 0.15) is 6.61 Å². The number of aromatic amines is 1. The van der Waals surface area contributed by atoms with E-state index in [2.05, 4.69) is 14.9 Å². The highest BCUT2D eigenvalue weighted by Gasteiger charge is 2.49. The number of H-pyrrole nitrogens is 1. The van der Waals surface area contributed by atoms with E-state index < -0.39 is 5.54 Å². The van der Waals surface area contributed by atoms with Crippen molar-refractivity contribution in [3.63, 3.8) is 0 Å². The van der Waals surface area contributed by atoms with Crippen molar-refractivity contribution in [3.8, 4) is 0 Å². The Morgan fingerprint density at radius 2 is 1.93 bits per heavy atom. The van der Waals surface area contributed by atoms with E-state index in [9.17, 15) is 9.59 Å². The zero-order chi connectivity index (χ0) is 19.6. The summed E-state index contributed by atoms with van der Waals surface area (Å²) >= 11 is 0. The second-order valence-corrected chi connectivity index (χ2v) is 7.76. The second-order valence-electron chi connectivity index (χ2n) is 7.76. The zero-order valence-corrected chi connectivity index (χ0v) is 16.5. The summed E-state index contributed by atoms with van der Waals surface area (Å²) in [4.78, 5) is 39.3. The highest BCUT2D eigenvalue weighted by atomic mass is 16.5. The fourth-order valence-corrected chi connectivity index (χ4v) is 4.73. The molecule has 1 spiro atoms. The minimum atomic E-state index is -0.445. The van der Waals surface area contributed by atoms with Gasteiger partial charge in [-0.3, -0.25) is 14.5 Å². The number of hydrogen-bond donors (Lipinski definition) is 1. The summed E-state index contributed by atoms with van der Waals surface area (Å²) in [6.45, 7) is 5.41. The minimum absolute atomic E-state index is 0.00996. The van der Waals surface area contributed by atoms with Gasteiger partial charge in [-0.05, 0) is 12.8 Å². The van der Waals surface area contributed by atoms with Crippen LogP contribution in [0.3, 0.4) is 0 Å². The molecule has 3 aliphatic heterocycles. The number of aromatic nitrogens is 2. The third-order valence-electron chi connectivity index (χ3n) is 6.24. The summed E-state index contributed by atoms with van der Waals surface area (Å²) in [5.74, 6) is 0.147. The van der Waals surface area contributed by atoms with Gasteiger partial charge in [-0.1, -0.05) is 0 Å². The van der Waals surface area contributed by atoms with Crippen LogP contribution < -0.4 is 0 Å². The molecule has 0 aliphatic carbocycles. The molecule has 4 rings (SSSR count). The van der Waals surface area contributed by atoms with Crippen molar-refractivity contribution >= 4 is 11.8 Å². The molecule has 0 radical (unpaired) electrons. The van der Waals surface area contributed by atoms with Gasteiger partial charge in [0.15, 0.2) is 0 Å². The number of nitrogens with zero attached hydrogens (tertiary/aromatic N) is 4. The Kier molecular flexibility index (Phi) is 5.65. The summed E-state index contributed by atoms with van der Waals surface area (Å²) in [5.41, 5.74) is 1.62. The van der Waals surface area contributed by atoms with Crippen molar-refractivity contribution in [2.24, 2.45) is 0 Å². The minimum Gasteiger partial charge on any atom is -0.379 e. The number of carbonyl (C=O) groups excluding carboxylic acids is 2. The van der Waals surface area contributed by atoms with Crippen molar-refractivity contribution in [1.29, 1.82) is 0 Å². The summed E-state index contributed by atoms with van der Waals surface area (Å²) in [6, 6.07) is 0. The predicted molar refractivity (Wildman–Crippen MR) is 101 cm³/mol. The highest BCUT2D eigenvalue weighted by molar-refractivity contribution is 5.80. The number of carbonyl (C=O) groups is 2. The average molecular weight is 391 g/mol. The molecule has 4 heterocycles. The van der Waals surface area contributed by atoms with E-state index in [4.69, 9.17) is 9.47 Å². The van der Waals surface area contributed by atoms with Gasteiger partial charge >= 0.3 is 0 Å². The molecule has 0 bridgehead atoms. The van der Waals surface area contributed by atoms with E-state index in [0.29, 0.717) is 52.2 Å². The van der Waals surface area contributed by atoms with E-state index in [0.717, 1.165) is 30.9 Å². The molecule has 1 aromatic heterocycles. The molecule has 0 aromatic carbocycles. The van der Waals surface area contributed by atoms with E-state index in [1.807, 2.05) is 9.80 Å². The average Bonchev–Trinajstić information content (AvgIpc) is 3.20. The first-order chi connectivity index (χ1) is 13.6. The monoisotopic (exact) mass is 391 g/mol. The molecule has 9 heteroatoms. The van der Waals surface area contributed by atoms with Crippen LogP contribution in [0.5, 0.6) is 0 Å². The maximum atomic E-state index is 12.8. The molecule has 2 saturated heterocycles. The summed E-state index contributed by atoms with van der Waals surface area (Å²) in [5, 5.41) is 0. The Labute approximate surface area is 165 Å². The zero-order valence-electron chi connectivity index (χ0n) is 16.5. The maximum Gasteiger partial charge on any atom is 0.249 e. The number of imidazole rings is 1. The number of methoxy groups -OCH3 is 1. The van der Waals surface area contributed by atoms with Gasteiger partial charge in [-0.2, -0.15) is 0 Å². The van der Waals surface area contributed by atoms with Crippen LogP contribution in [0.2, 0.25) is 0 Å². The van der Waals surface area contributed by atoms with Gasteiger partial charge in [0.25, 0.3) is 0 Å². The molecule has 1 aromatic rings. The van der Waals surface area contributed by atoms with Crippen LogP contribution in [0.1, 0.15) is 24.2 Å². The number of fused-ring (bicyclic) bond motifs is 2. The fourth-order valence-electron chi connectivity index (χ4n) is 4.73. The molecular weight excluding hydrogens is 362 g/mol. The van der Waals surface area contributed by atoms with E-state index in [1.165, 1.54) is 0 Å². The van der Waals surface area contributed by atoms with Crippen molar-refractivity contribution in [3.05, 3.63) is 17.7 Å². The van der Waals surface area contributed by atoms with Crippen LogP contribution in [0.4, 0.5) is 0 Å². The third-order valence-corrected chi connectivity index (χ3v) is 6.24. The van der Waals surface area contributed by atoms with Crippen LogP contribution in [0.15, 0.2) is 6.33 Å². The Morgan fingerprint density at radius 3 is 2.64 bits per heavy atom. The number of amides is 2. The second kappa shape index (κ2) is 8.18. The number of nitrogens with one attached hydrogen (secondary N) is 1. The molecule has 2 fully saturated rings. The van der Waals surface area contributed by atoms with Crippen LogP contribution in [-0.4, -0.2) is 103 Å². The summed E-state index contributed by atoms with van der Waals surface area (Å²) < 4.78 is 10.5. The Bertz CT molecular complexity index is 707. The lowest BCUT2D eigenvalue weighted by Crippen LogP contribution is -2.60. The van der Waals surface area contributed by atoms with Crippen LogP contribution in [0.25, 0.3) is 0 Å². The Morgan fingerprint density at radius 1 is 1.18 bits per heavy atom. The third kappa shape index (κ3) is 3.54. The highest BCUT2D eigenvalue weighted by Crippen LogP contribution is 2.42. The van der Waals surface area contributed by atoms with E-state index >= 15 is 0 Å². The van der Waals surface area contributed by atoms with Crippen LogP contribution >= 0.6 is 0 Å². The normalized spacial score (nSPS) is 22.3. The van der Waals surface area contributed by atoms with Crippen LogP contribution in [0, 0.1) is 0 Å². The fraction of sp³-hybridized carbons (Fsp3) is 0.737. The molecule has 28 heavy (non-hydrogen) atoms. The van der Waals surface area contributed by atoms with Crippen molar-refractivity contribution in [2.75, 3.05) is 66.2 Å². The standard InChI is InChI=1S/C19H29N5O4/c1-27-13-17(26)24-5-2-15-18(21-14-20-15)19(24)3-6-23(7-4-19)16(25)12-22-8-10-28-11-9-22/h14H,2-13H2,1H3,(H,20,21). The first-order valence-electron chi connectivity index (χ1n) is 10.0. The number of rotatable bonds is 4. The lowest BCUT2D eigenvalue weighted by Gasteiger charge is -2.50. The number of morpholine rings is 1. The molecule has 1 N–H and O–H groups in total. The number of ether oxygens (including phenoxy) is 2. The largest absolute Gasteiger partial charge is 0.379 e.